The number of benzene rings is 1. The van der Waals surface area contributed by atoms with Crippen molar-refractivity contribution in [2.45, 2.75) is 56.1 Å². The second-order valence-corrected chi connectivity index (χ2v) is 6.94. The Labute approximate surface area is 114 Å². The van der Waals surface area contributed by atoms with Gasteiger partial charge in [-0.25, -0.2) is 13.1 Å². The van der Waals surface area contributed by atoms with Crippen LogP contribution < -0.4 is 4.72 Å². The molecule has 1 aromatic rings. The third-order valence-corrected chi connectivity index (χ3v) is 5.15. The molecule has 0 aromatic heterocycles. The fourth-order valence-corrected chi connectivity index (χ4v) is 3.32. The van der Waals surface area contributed by atoms with E-state index >= 15 is 0 Å². The van der Waals surface area contributed by atoms with E-state index in [0.717, 1.165) is 18.4 Å². The highest BCUT2D eigenvalue weighted by Crippen LogP contribution is 2.25. The molecule has 2 rings (SSSR count). The number of hydrogen-bond acceptors (Lipinski definition) is 3. The van der Waals surface area contributed by atoms with Gasteiger partial charge in [-0.2, -0.15) is 0 Å². The molecule has 1 aromatic carbocycles. The molecule has 1 saturated carbocycles. The quantitative estimate of drug-likeness (QED) is 0.839. The summed E-state index contributed by atoms with van der Waals surface area (Å²) in [6.07, 6.45) is 2.14. The minimum absolute atomic E-state index is 0.0122. The summed E-state index contributed by atoms with van der Waals surface area (Å²) < 4.78 is 26.6. The van der Waals surface area contributed by atoms with Crippen LogP contribution in [0.3, 0.4) is 0 Å². The van der Waals surface area contributed by atoms with Crippen LogP contribution >= 0.6 is 0 Å². The van der Waals surface area contributed by atoms with Gasteiger partial charge in [-0.1, -0.05) is 26.0 Å². The molecule has 0 saturated heterocycles. The third kappa shape index (κ3) is 3.55. The lowest BCUT2D eigenvalue weighted by molar-refractivity contribution is 0.145. The van der Waals surface area contributed by atoms with Gasteiger partial charge in [0.25, 0.3) is 0 Å². The summed E-state index contributed by atoms with van der Waals surface area (Å²) in [6, 6.07) is 6.90. The molecule has 1 fully saturated rings. The SMILES string of the molecule is CCC(O)C(C)c1ccc(S(=O)(=O)NC2CC2)cc1. The zero-order chi connectivity index (χ0) is 14.0. The van der Waals surface area contributed by atoms with Crippen molar-refractivity contribution in [3.05, 3.63) is 29.8 Å². The van der Waals surface area contributed by atoms with Gasteiger partial charge in [0.2, 0.25) is 10.0 Å². The summed E-state index contributed by atoms with van der Waals surface area (Å²) >= 11 is 0. The van der Waals surface area contributed by atoms with E-state index in [1.165, 1.54) is 0 Å². The van der Waals surface area contributed by atoms with Gasteiger partial charge in [-0.3, -0.25) is 0 Å². The molecular formula is C14H21NO3S. The molecule has 5 heteroatoms. The van der Waals surface area contributed by atoms with E-state index in [9.17, 15) is 13.5 Å². The Bertz CT molecular complexity index is 520. The third-order valence-electron chi connectivity index (χ3n) is 3.61. The van der Waals surface area contributed by atoms with Gasteiger partial charge < -0.3 is 5.11 Å². The van der Waals surface area contributed by atoms with E-state index in [0.29, 0.717) is 11.3 Å². The number of sulfonamides is 1. The molecule has 0 aliphatic heterocycles. The number of nitrogens with one attached hydrogen (secondary N) is 1. The van der Waals surface area contributed by atoms with E-state index in [2.05, 4.69) is 4.72 Å². The predicted octanol–water partition coefficient (Wildman–Crippen LogP) is 2.00. The van der Waals surface area contributed by atoms with Crippen LogP contribution in [0.25, 0.3) is 0 Å². The van der Waals surface area contributed by atoms with Gasteiger partial charge in [0, 0.05) is 12.0 Å². The maximum atomic E-state index is 12.0. The molecule has 4 nitrogen and oxygen atoms in total. The van der Waals surface area contributed by atoms with Gasteiger partial charge in [-0.15, -0.1) is 0 Å². The summed E-state index contributed by atoms with van der Waals surface area (Å²) in [6.45, 7) is 3.87. The zero-order valence-corrected chi connectivity index (χ0v) is 12.2. The molecule has 19 heavy (non-hydrogen) atoms. The summed E-state index contributed by atoms with van der Waals surface area (Å²) in [7, 11) is -3.38. The van der Waals surface area contributed by atoms with Gasteiger partial charge in [0.15, 0.2) is 0 Å². The summed E-state index contributed by atoms with van der Waals surface area (Å²) in [5.74, 6) is 0.0122. The van der Waals surface area contributed by atoms with Crippen molar-refractivity contribution in [1.82, 2.24) is 4.72 Å². The highest BCUT2D eigenvalue weighted by atomic mass is 32.2. The first-order valence-electron chi connectivity index (χ1n) is 6.74. The molecule has 0 spiro atoms. The largest absolute Gasteiger partial charge is 0.393 e. The lowest BCUT2D eigenvalue weighted by atomic mass is 9.94. The first kappa shape index (κ1) is 14.5. The van der Waals surface area contributed by atoms with Crippen molar-refractivity contribution in [2.24, 2.45) is 0 Å². The van der Waals surface area contributed by atoms with Crippen LogP contribution in [0, 0.1) is 0 Å². The van der Waals surface area contributed by atoms with Crippen molar-refractivity contribution in [2.75, 3.05) is 0 Å². The van der Waals surface area contributed by atoms with E-state index < -0.39 is 16.1 Å². The Morgan fingerprint density at radius 3 is 2.37 bits per heavy atom. The van der Waals surface area contributed by atoms with Crippen LogP contribution in [0.15, 0.2) is 29.2 Å². The fraction of sp³-hybridized carbons (Fsp3) is 0.571. The average molecular weight is 283 g/mol. The standard InChI is InChI=1S/C14H21NO3S/c1-3-14(16)10(2)11-4-8-13(9-5-11)19(17,18)15-12-6-7-12/h4-5,8-10,12,14-16H,3,6-7H2,1-2H3. The van der Waals surface area contributed by atoms with Crippen molar-refractivity contribution in [1.29, 1.82) is 0 Å². The Balaban J connectivity index is 2.13. The zero-order valence-electron chi connectivity index (χ0n) is 11.3. The monoisotopic (exact) mass is 283 g/mol. The first-order valence-corrected chi connectivity index (χ1v) is 8.22. The number of aliphatic hydroxyl groups is 1. The van der Waals surface area contributed by atoms with Crippen molar-refractivity contribution < 1.29 is 13.5 Å². The maximum absolute atomic E-state index is 12.0. The van der Waals surface area contributed by atoms with E-state index in [1.54, 1.807) is 24.3 Å². The second-order valence-electron chi connectivity index (χ2n) is 5.23. The molecule has 2 atom stereocenters. The summed E-state index contributed by atoms with van der Waals surface area (Å²) in [5.41, 5.74) is 0.958. The highest BCUT2D eigenvalue weighted by molar-refractivity contribution is 7.89. The molecule has 2 unspecified atom stereocenters. The van der Waals surface area contributed by atoms with Crippen LogP contribution in [0.2, 0.25) is 0 Å². The van der Waals surface area contributed by atoms with Gasteiger partial charge in [0.1, 0.15) is 0 Å². The molecule has 0 radical (unpaired) electrons. The van der Waals surface area contributed by atoms with Crippen molar-refractivity contribution in [3.63, 3.8) is 0 Å². The van der Waals surface area contributed by atoms with Gasteiger partial charge >= 0.3 is 0 Å². The maximum Gasteiger partial charge on any atom is 0.240 e. The molecule has 1 aliphatic rings. The Morgan fingerprint density at radius 2 is 1.89 bits per heavy atom. The van der Waals surface area contributed by atoms with Crippen LogP contribution in [0.5, 0.6) is 0 Å². The van der Waals surface area contributed by atoms with Crippen LogP contribution in [0.1, 0.15) is 44.6 Å². The molecule has 0 amide bonds. The molecule has 106 valence electrons. The number of aliphatic hydroxyl groups excluding tert-OH is 1. The minimum Gasteiger partial charge on any atom is -0.393 e. The lowest BCUT2D eigenvalue weighted by Crippen LogP contribution is -2.25. The van der Waals surface area contributed by atoms with Gasteiger partial charge in [0.05, 0.1) is 11.0 Å². The first-order chi connectivity index (χ1) is 8.94. The molecule has 2 N–H and O–H groups in total. The Hall–Kier alpha value is -0.910. The number of rotatable bonds is 6. The molecule has 1 aliphatic carbocycles. The molecule has 0 heterocycles. The summed E-state index contributed by atoms with van der Waals surface area (Å²) in [5, 5.41) is 9.81. The number of hydrogen-bond donors (Lipinski definition) is 2. The van der Waals surface area contributed by atoms with Crippen molar-refractivity contribution in [3.8, 4) is 0 Å². The van der Waals surface area contributed by atoms with Crippen LogP contribution in [-0.4, -0.2) is 25.7 Å². The van der Waals surface area contributed by atoms with Crippen LogP contribution in [-0.2, 0) is 10.0 Å². The van der Waals surface area contributed by atoms with Crippen LogP contribution in [0.4, 0.5) is 0 Å². The smallest absolute Gasteiger partial charge is 0.240 e. The van der Waals surface area contributed by atoms with E-state index in [-0.39, 0.29) is 12.0 Å². The van der Waals surface area contributed by atoms with Crippen molar-refractivity contribution >= 4 is 10.0 Å². The van der Waals surface area contributed by atoms with E-state index in [1.807, 2.05) is 13.8 Å². The van der Waals surface area contributed by atoms with E-state index in [4.69, 9.17) is 0 Å². The topological polar surface area (TPSA) is 66.4 Å². The molecule has 0 bridgehead atoms. The molecular weight excluding hydrogens is 262 g/mol. The highest BCUT2D eigenvalue weighted by Gasteiger charge is 2.28. The Kier molecular flexibility index (Phi) is 4.28. The predicted molar refractivity (Wildman–Crippen MR) is 74.5 cm³/mol. The normalized spacial score (nSPS) is 19.1. The summed E-state index contributed by atoms with van der Waals surface area (Å²) in [4.78, 5) is 0.293. The average Bonchev–Trinajstić information content (AvgIpc) is 3.20. The Morgan fingerprint density at radius 1 is 1.32 bits per heavy atom. The lowest BCUT2D eigenvalue weighted by Gasteiger charge is -2.17. The van der Waals surface area contributed by atoms with Gasteiger partial charge in [-0.05, 0) is 37.0 Å². The fourth-order valence-electron chi connectivity index (χ4n) is 2.01. The minimum atomic E-state index is -3.38. The second kappa shape index (κ2) is 5.61.